The van der Waals surface area contributed by atoms with Gasteiger partial charge in [0, 0.05) is 12.4 Å². The van der Waals surface area contributed by atoms with Crippen LogP contribution in [0.3, 0.4) is 0 Å². The van der Waals surface area contributed by atoms with Crippen LogP contribution in [-0.4, -0.2) is 33.8 Å². The lowest BCUT2D eigenvalue weighted by atomic mass is 9.92. The average Bonchev–Trinajstić information content (AvgIpc) is 2.68. The third kappa shape index (κ3) is 2.66. The van der Waals surface area contributed by atoms with Gasteiger partial charge in [0.1, 0.15) is 5.54 Å². The highest BCUT2D eigenvalue weighted by molar-refractivity contribution is 6.09. The van der Waals surface area contributed by atoms with Crippen molar-refractivity contribution in [2.45, 2.75) is 38.8 Å². The first-order valence-corrected chi connectivity index (χ1v) is 7.04. The fraction of sp³-hybridized carbons (Fsp3) is 0.467. The van der Waals surface area contributed by atoms with E-state index in [2.05, 4.69) is 10.3 Å². The molecule has 0 radical (unpaired) electrons. The van der Waals surface area contributed by atoms with Crippen molar-refractivity contribution >= 4 is 17.9 Å². The highest BCUT2D eigenvalue weighted by atomic mass is 16.4. The summed E-state index contributed by atoms with van der Waals surface area (Å²) >= 11 is 0. The Kier molecular flexibility index (Phi) is 4.16. The van der Waals surface area contributed by atoms with E-state index >= 15 is 0 Å². The van der Waals surface area contributed by atoms with Gasteiger partial charge >= 0.3 is 6.03 Å². The molecule has 2 rings (SSSR count). The number of amides is 3. The number of aliphatic carboxylic acids is 1. The fourth-order valence-electron chi connectivity index (χ4n) is 2.58. The minimum atomic E-state index is -1.43. The Bertz CT molecular complexity index is 602. The zero-order chi connectivity index (χ0) is 16.5. The maximum Gasteiger partial charge on any atom is 0.325 e. The van der Waals surface area contributed by atoms with Crippen molar-refractivity contribution in [2.75, 3.05) is 0 Å². The third-order valence-corrected chi connectivity index (χ3v) is 3.76. The number of pyridine rings is 1. The van der Waals surface area contributed by atoms with E-state index in [1.165, 1.54) is 12.4 Å². The maximum atomic E-state index is 12.7. The van der Waals surface area contributed by atoms with Gasteiger partial charge in [0.15, 0.2) is 0 Å². The molecule has 0 bridgehead atoms. The molecule has 0 aliphatic carbocycles. The molecule has 22 heavy (non-hydrogen) atoms. The predicted molar refractivity (Wildman–Crippen MR) is 75.2 cm³/mol. The summed E-state index contributed by atoms with van der Waals surface area (Å²) in [6.45, 7) is 5.18. The third-order valence-electron chi connectivity index (χ3n) is 3.76. The van der Waals surface area contributed by atoms with Crippen LogP contribution in [0.15, 0.2) is 24.5 Å². The van der Waals surface area contributed by atoms with Gasteiger partial charge in [-0.05, 0) is 37.0 Å². The number of hydrogen-bond acceptors (Lipinski definition) is 5. The number of nitrogens with zero attached hydrogens (tertiary/aromatic N) is 2. The lowest BCUT2D eigenvalue weighted by Gasteiger charge is -2.29. The van der Waals surface area contributed by atoms with Gasteiger partial charge in [-0.1, -0.05) is 13.8 Å². The number of carbonyl (C=O) groups is 3. The second kappa shape index (κ2) is 5.75. The summed E-state index contributed by atoms with van der Waals surface area (Å²) in [5.41, 5.74) is -0.755. The molecule has 2 atom stereocenters. The van der Waals surface area contributed by atoms with E-state index in [4.69, 9.17) is 0 Å². The highest BCUT2D eigenvalue weighted by Crippen LogP contribution is 2.30. The molecule has 7 nitrogen and oxygen atoms in total. The summed E-state index contributed by atoms with van der Waals surface area (Å²) in [6, 6.07) is 1.21. The SMILES string of the molecule is CC(C)CC(C(=O)[O-])N1C(=O)NC(C)(c2ccncc2)C1=O. The number of carbonyl (C=O) groups excluding carboxylic acids is 3. The van der Waals surface area contributed by atoms with Gasteiger partial charge in [0.05, 0.1) is 12.0 Å². The minimum absolute atomic E-state index is 0.00344. The van der Waals surface area contributed by atoms with Crippen LogP contribution < -0.4 is 10.4 Å². The number of carboxylic acid groups (broad SMARTS) is 1. The van der Waals surface area contributed by atoms with Crippen molar-refractivity contribution < 1.29 is 19.5 Å². The second-order valence-electron chi connectivity index (χ2n) is 5.93. The summed E-state index contributed by atoms with van der Waals surface area (Å²) in [7, 11) is 0. The zero-order valence-corrected chi connectivity index (χ0v) is 12.7. The van der Waals surface area contributed by atoms with Crippen LogP contribution in [0, 0.1) is 5.92 Å². The summed E-state index contributed by atoms with van der Waals surface area (Å²) < 4.78 is 0. The molecule has 1 aliphatic rings. The smallest absolute Gasteiger partial charge is 0.325 e. The number of hydrogen-bond donors (Lipinski definition) is 1. The van der Waals surface area contributed by atoms with Gasteiger partial charge in [-0.25, -0.2) is 4.79 Å². The Labute approximate surface area is 128 Å². The minimum Gasteiger partial charge on any atom is -0.548 e. The van der Waals surface area contributed by atoms with E-state index in [0.29, 0.717) is 5.56 Å². The lowest BCUT2D eigenvalue weighted by Crippen LogP contribution is -2.52. The molecule has 1 aromatic heterocycles. The quantitative estimate of drug-likeness (QED) is 0.772. The van der Waals surface area contributed by atoms with Gasteiger partial charge in [-0.2, -0.15) is 0 Å². The molecule has 118 valence electrons. The largest absolute Gasteiger partial charge is 0.548 e. The topological polar surface area (TPSA) is 102 Å². The van der Waals surface area contributed by atoms with E-state index < -0.39 is 29.5 Å². The first-order chi connectivity index (χ1) is 10.3. The fourth-order valence-corrected chi connectivity index (χ4v) is 2.58. The number of nitrogens with one attached hydrogen (secondary N) is 1. The van der Waals surface area contributed by atoms with Crippen molar-refractivity contribution in [3.63, 3.8) is 0 Å². The van der Waals surface area contributed by atoms with Crippen LogP contribution in [-0.2, 0) is 15.1 Å². The molecular formula is C15H18N3O4-. The first-order valence-electron chi connectivity index (χ1n) is 7.04. The van der Waals surface area contributed by atoms with E-state index in [0.717, 1.165) is 4.90 Å². The molecule has 3 amide bonds. The molecular weight excluding hydrogens is 286 g/mol. The van der Waals surface area contributed by atoms with Gasteiger partial charge in [0.2, 0.25) is 0 Å². The molecule has 0 spiro atoms. The van der Waals surface area contributed by atoms with Gasteiger partial charge in [-0.3, -0.25) is 14.7 Å². The van der Waals surface area contributed by atoms with Gasteiger partial charge < -0.3 is 15.2 Å². The predicted octanol–water partition coefficient (Wildman–Crippen LogP) is 0.0132. The van der Waals surface area contributed by atoms with Crippen LogP contribution in [0.1, 0.15) is 32.8 Å². The number of carboxylic acids is 1. The van der Waals surface area contributed by atoms with Crippen molar-refractivity contribution in [3.8, 4) is 0 Å². The van der Waals surface area contributed by atoms with Crippen LogP contribution in [0.25, 0.3) is 0 Å². The van der Waals surface area contributed by atoms with Gasteiger partial charge in [0.25, 0.3) is 5.91 Å². The molecule has 1 N–H and O–H groups in total. The standard InChI is InChI=1S/C15H19N3O4/c1-9(2)8-11(12(19)20)18-13(21)15(3,17-14(18)22)10-4-6-16-7-5-10/h4-7,9,11H,8H2,1-3H3,(H,17,22)(H,19,20)/p-1. The molecule has 2 unspecified atom stereocenters. The molecule has 1 aliphatic heterocycles. The second-order valence-corrected chi connectivity index (χ2v) is 5.93. The molecule has 0 aromatic carbocycles. The Hall–Kier alpha value is -2.44. The Morgan fingerprint density at radius 3 is 2.45 bits per heavy atom. The zero-order valence-electron chi connectivity index (χ0n) is 12.7. The molecule has 1 fully saturated rings. The van der Waals surface area contributed by atoms with Crippen LogP contribution in [0.4, 0.5) is 4.79 Å². The van der Waals surface area contributed by atoms with Crippen molar-refractivity contribution in [2.24, 2.45) is 5.92 Å². The molecule has 0 saturated carbocycles. The van der Waals surface area contributed by atoms with Crippen LogP contribution >= 0.6 is 0 Å². The summed E-state index contributed by atoms with van der Waals surface area (Å²) in [5.74, 6) is -2.04. The Morgan fingerprint density at radius 1 is 1.36 bits per heavy atom. The Balaban J connectivity index is 2.38. The summed E-state index contributed by atoms with van der Waals surface area (Å²) in [4.78, 5) is 40.9. The lowest BCUT2D eigenvalue weighted by molar-refractivity contribution is -0.311. The number of aromatic nitrogens is 1. The monoisotopic (exact) mass is 304 g/mol. The van der Waals surface area contributed by atoms with Gasteiger partial charge in [-0.15, -0.1) is 0 Å². The van der Waals surface area contributed by atoms with E-state index in [1.807, 2.05) is 13.8 Å². The van der Waals surface area contributed by atoms with E-state index in [9.17, 15) is 19.5 Å². The van der Waals surface area contributed by atoms with E-state index in [1.54, 1.807) is 19.1 Å². The van der Waals surface area contributed by atoms with Crippen LogP contribution in [0.5, 0.6) is 0 Å². The van der Waals surface area contributed by atoms with Crippen molar-refractivity contribution in [3.05, 3.63) is 30.1 Å². The van der Waals surface area contributed by atoms with Crippen molar-refractivity contribution in [1.29, 1.82) is 0 Å². The van der Waals surface area contributed by atoms with E-state index in [-0.39, 0.29) is 12.3 Å². The summed E-state index contributed by atoms with van der Waals surface area (Å²) in [5, 5.41) is 13.9. The van der Waals surface area contributed by atoms with Crippen LogP contribution in [0.2, 0.25) is 0 Å². The number of urea groups is 1. The maximum absolute atomic E-state index is 12.7. The molecule has 7 heteroatoms. The molecule has 1 aromatic rings. The average molecular weight is 304 g/mol. The van der Waals surface area contributed by atoms with Crippen molar-refractivity contribution in [1.82, 2.24) is 15.2 Å². The highest BCUT2D eigenvalue weighted by Gasteiger charge is 2.51. The molecule has 1 saturated heterocycles. The number of rotatable bonds is 5. The normalized spacial score (nSPS) is 22.8. The Morgan fingerprint density at radius 2 is 1.95 bits per heavy atom. The number of imide groups is 1. The summed E-state index contributed by atoms with van der Waals surface area (Å²) in [6.07, 6.45) is 3.16. The molecule has 2 heterocycles. The first kappa shape index (κ1) is 15.9.